The molecule has 0 aromatic heterocycles. The molecule has 0 aliphatic carbocycles. The van der Waals surface area contributed by atoms with E-state index in [0.29, 0.717) is 27.8 Å². The normalized spacial score (nSPS) is 11.9. The lowest BCUT2D eigenvalue weighted by molar-refractivity contribution is -0.145. The van der Waals surface area contributed by atoms with Gasteiger partial charge in [0.05, 0.1) is 10.7 Å². The van der Waals surface area contributed by atoms with Gasteiger partial charge >= 0.3 is 23.8 Å². The Kier molecular flexibility index (Phi) is 9.12. The van der Waals surface area contributed by atoms with Crippen molar-refractivity contribution in [2.45, 2.75) is 18.6 Å². The Balaban J connectivity index is 2.25. The number of carbonyl (C=O) groups is 2. The molecule has 2 aromatic carbocycles. The van der Waals surface area contributed by atoms with Gasteiger partial charge in [-0.25, -0.2) is 4.79 Å². The number of ether oxygens (including phenoxy) is 1. The zero-order valence-corrected chi connectivity index (χ0v) is 21.9. The zero-order chi connectivity index (χ0) is 24.2. The van der Waals surface area contributed by atoms with Gasteiger partial charge in [-0.1, -0.05) is 0 Å². The molecule has 2 rings (SSSR count). The van der Waals surface area contributed by atoms with Crippen molar-refractivity contribution in [3.63, 3.8) is 0 Å². The number of aliphatic carboxylic acids is 1. The summed E-state index contributed by atoms with van der Waals surface area (Å²) in [7, 11) is 0. The second-order valence-electron chi connectivity index (χ2n) is 6.12. The van der Waals surface area contributed by atoms with Crippen LogP contribution in [0, 0.1) is 10.7 Å². The number of benzene rings is 2. The maximum atomic E-state index is 12.7. The van der Waals surface area contributed by atoms with Crippen LogP contribution in [0.5, 0.6) is 17.2 Å². The summed E-state index contributed by atoms with van der Waals surface area (Å²) in [5.41, 5.74) is 6.72. The van der Waals surface area contributed by atoms with Gasteiger partial charge in [-0.05, 0) is 104 Å². The van der Waals surface area contributed by atoms with Gasteiger partial charge in [0.2, 0.25) is 0 Å². The van der Waals surface area contributed by atoms with Crippen molar-refractivity contribution in [2.24, 2.45) is 0 Å². The van der Waals surface area contributed by atoms with Crippen molar-refractivity contribution in [3.8, 4) is 17.2 Å². The van der Waals surface area contributed by atoms with Crippen molar-refractivity contribution < 1.29 is 42.5 Å². The number of nitrogens with one attached hydrogen (secondary N) is 1. The quantitative estimate of drug-likeness (QED) is 0.166. The van der Waals surface area contributed by atoms with E-state index in [2.05, 4.69) is 0 Å². The summed E-state index contributed by atoms with van der Waals surface area (Å²) in [6.07, 6.45) is -5.58. The first-order chi connectivity index (χ1) is 14.8. The van der Waals surface area contributed by atoms with Gasteiger partial charge in [-0.15, -0.1) is 0 Å². The summed E-state index contributed by atoms with van der Waals surface area (Å²) in [5, 5.41) is 20.7. The highest BCUT2D eigenvalue weighted by Crippen LogP contribution is 2.35. The van der Waals surface area contributed by atoms with E-state index in [0.717, 1.165) is 0 Å². The molecule has 0 heterocycles. The summed E-state index contributed by atoms with van der Waals surface area (Å²) in [6.45, 7) is 0. The Morgan fingerprint density at radius 3 is 2.19 bits per heavy atom. The van der Waals surface area contributed by atoms with Gasteiger partial charge in [-0.3, -0.25) is 4.79 Å². The summed E-state index contributed by atoms with van der Waals surface area (Å²) < 4.78 is 45.7. The summed E-state index contributed by atoms with van der Waals surface area (Å²) in [6, 6.07) is 6.07. The fourth-order valence-electron chi connectivity index (χ4n) is 2.39. The number of alkyl halides is 3. The van der Waals surface area contributed by atoms with Crippen LogP contribution >= 0.6 is 67.8 Å². The first kappa shape index (κ1) is 26.6. The number of phenolic OH excluding ortho intramolecular Hbond substituents is 1. The lowest BCUT2D eigenvalue weighted by Crippen LogP contribution is -2.49. The van der Waals surface area contributed by atoms with E-state index < -0.39 is 29.8 Å². The second-order valence-corrected chi connectivity index (χ2v) is 9.61. The lowest BCUT2D eigenvalue weighted by atomic mass is 10.1. The number of hydrogen-bond acceptors (Lipinski definition) is 4. The molecule has 2 aromatic rings. The molecule has 1 atom stereocenters. The minimum atomic E-state index is -5.25. The average molecular weight is 787 g/mol. The van der Waals surface area contributed by atoms with Gasteiger partial charge in [0, 0.05) is 6.42 Å². The number of nitrogens with zero attached hydrogens (tertiary/aromatic N) is 2. The van der Waals surface area contributed by atoms with E-state index in [1.807, 2.05) is 72.6 Å². The molecule has 3 N–H and O–H groups in total. The van der Waals surface area contributed by atoms with Gasteiger partial charge in [0.15, 0.2) is 5.75 Å². The minimum absolute atomic E-state index is 0.0966. The van der Waals surface area contributed by atoms with E-state index in [9.17, 15) is 33.0 Å². The van der Waals surface area contributed by atoms with E-state index in [-0.39, 0.29) is 12.2 Å². The van der Waals surface area contributed by atoms with Crippen molar-refractivity contribution in [3.05, 3.63) is 52.1 Å². The fourth-order valence-corrected chi connectivity index (χ4v) is 4.99. The van der Waals surface area contributed by atoms with Gasteiger partial charge in [0.25, 0.3) is 0 Å². The van der Waals surface area contributed by atoms with Gasteiger partial charge in [-0.2, -0.15) is 18.0 Å². The molecule has 1 unspecified atom stereocenters. The molecule has 0 bridgehead atoms. The first-order valence-corrected chi connectivity index (χ1v) is 11.5. The van der Waals surface area contributed by atoms with Crippen LogP contribution in [-0.4, -0.2) is 44.8 Å². The van der Waals surface area contributed by atoms with Gasteiger partial charge in [0.1, 0.15) is 17.5 Å². The summed E-state index contributed by atoms with van der Waals surface area (Å²) >= 11 is 5.85. The molecule has 170 valence electrons. The average Bonchev–Trinajstić information content (AvgIpc) is 2.66. The van der Waals surface area contributed by atoms with E-state index in [1.54, 1.807) is 29.6 Å². The third kappa shape index (κ3) is 6.92. The Morgan fingerprint density at radius 2 is 1.72 bits per heavy atom. The number of amides is 1. The second kappa shape index (κ2) is 11.0. The molecular weight excluding hydrogens is 776 g/mol. The highest BCUT2D eigenvalue weighted by Gasteiger charge is 2.50. The number of phenols is 1. The monoisotopic (exact) mass is 787 g/mol. The van der Waals surface area contributed by atoms with Crippen LogP contribution in [0.3, 0.4) is 0 Å². The highest BCUT2D eigenvalue weighted by atomic mass is 127. The minimum Gasteiger partial charge on any atom is -0.507 e. The Labute approximate surface area is 219 Å². The number of rotatable bonds is 7. The molecule has 0 spiro atoms. The number of aromatic hydroxyl groups is 1. The number of halogens is 6. The van der Waals surface area contributed by atoms with Crippen LogP contribution < -0.4 is 10.1 Å². The number of carboxylic acids is 1. The number of carbonyl (C=O) groups excluding carboxylic acids is 1. The number of hydrogen-bond donors (Lipinski definition) is 3. The summed E-state index contributed by atoms with van der Waals surface area (Å²) in [5.74, 6) is -2.42. The third-order valence-corrected chi connectivity index (χ3v) is 6.29. The van der Waals surface area contributed by atoms with Crippen LogP contribution in [-0.2, 0) is 16.0 Å². The molecule has 0 saturated heterocycles. The van der Waals surface area contributed by atoms with Crippen molar-refractivity contribution >= 4 is 85.4 Å². The molecule has 1 amide bonds. The van der Waals surface area contributed by atoms with E-state index in [1.165, 1.54) is 6.07 Å². The SMILES string of the molecule is [N-]=[N+]=C(C(=O)NC(Cc1cc(I)c(Oc2ccc(O)c(I)c2)c(I)c1)C(=O)O)C(F)(F)F. The molecule has 0 radical (unpaired) electrons. The van der Waals surface area contributed by atoms with Crippen LogP contribution in [0.15, 0.2) is 30.3 Å². The van der Waals surface area contributed by atoms with Crippen molar-refractivity contribution in [2.75, 3.05) is 0 Å². The molecule has 0 fully saturated rings. The van der Waals surface area contributed by atoms with Gasteiger partial charge < -0.3 is 25.8 Å². The molecule has 14 heteroatoms. The van der Waals surface area contributed by atoms with Crippen LogP contribution in [0.4, 0.5) is 13.2 Å². The molecule has 0 aliphatic rings. The molecule has 8 nitrogen and oxygen atoms in total. The molecule has 32 heavy (non-hydrogen) atoms. The third-order valence-electron chi connectivity index (χ3n) is 3.82. The lowest BCUT2D eigenvalue weighted by Gasteiger charge is -2.16. The molecule has 0 aliphatic heterocycles. The standard InChI is InChI=1S/C18H11F3I3N3O5/c19-18(20,21)15(27-25)16(29)26-12(17(30)31)5-7-3-10(23)14(11(24)4-7)32-8-1-2-13(28)9(22)6-8/h1-4,6,12,28H,5H2,(H,26,29)(H,30,31). The topological polar surface area (TPSA) is 132 Å². The smallest absolute Gasteiger partial charge is 0.501 e. The first-order valence-electron chi connectivity index (χ1n) is 8.30. The highest BCUT2D eigenvalue weighted by molar-refractivity contribution is 14.1. The zero-order valence-electron chi connectivity index (χ0n) is 15.5. The Morgan fingerprint density at radius 1 is 1.12 bits per heavy atom. The van der Waals surface area contributed by atoms with Crippen molar-refractivity contribution in [1.29, 1.82) is 0 Å². The predicted molar refractivity (Wildman–Crippen MR) is 131 cm³/mol. The molecule has 0 saturated carbocycles. The number of carboxylic acid groups (broad SMARTS) is 1. The van der Waals surface area contributed by atoms with Crippen molar-refractivity contribution in [1.82, 2.24) is 5.32 Å². The Bertz CT molecular complexity index is 1100. The predicted octanol–water partition coefficient (Wildman–Crippen LogP) is 4.34. The fraction of sp³-hybridized carbons (Fsp3) is 0.167. The largest absolute Gasteiger partial charge is 0.507 e. The maximum Gasteiger partial charge on any atom is 0.501 e. The van der Waals surface area contributed by atoms with Crippen LogP contribution in [0.2, 0.25) is 0 Å². The maximum absolute atomic E-state index is 12.7. The van der Waals surface area contributed by atoms with E-state index in [4.69, 9.17) is 10.3 Å². The van der Waals surface area contributed by atoms with Crippen LogP contribution in [0.1, 0.15) is 5.56 Å². The molecular formula is C18H11F3I3N3O5. The van der Waals surface area contributed by atoms with Crippen LogP contribution in [0.25, 0.3) is 5.53 Å². The summed E-state index contributed by atoms with van der Waals surface area (Å²) in [4.78, 5) is 25.2. The van der Waals surface area contributed by atoms with E-state index >= 15 is 0 Å². The Hall–Kier alpha value is -1.66.